The first kappa shape index (κ1) is 19.9. The molecule has 4 heteroatoms. The summed E-state index contributed by atoms with van der Waals surface area (Å²) >= 11 is 0. The van der Waals surface area contributed by atoms with Crippen molar-refractivity contribution in [3.63, 3.8) is 0 Å². The Hall–Kier alpha value is -2.43. The molecule has 4 rings (SSSR count). The maximum atomic E-state index is 11.8. The van der Waals surface area contributed by atoms with Gasteiger partial charge in [0.15, 0.2) is 0 Å². The van der Waals surface area contributed by atoms with Crippen LogP contribution in [-0.4, -0.2) is 24.6 Å². The lowest BCUT2D eigenvalue weighted by molar-refractivity contribution is -0.119. The van der Waals surface area contributed by atoms with Crippen LogP contribution < -0.4 is 10.6 Å². The SMILES string of the molecule is Cc1cc(C)cc([C@@H](C)OC[C@@]2(c3ccccc3)C=C[C@]3(CCC(=O)N3)CN2)c1. The number of nitrogens with one attached hydrogen (secondary N) is 2. The molecule has 1 saturated heterocycles. The van der Waals surface area contributed by atoms with E-state index in [-0.39, 0.29) is 17.6 Å². The van der Waals surface area contributed by atoms with Gasteiger partial charge in [-0.05, 0) is 38.3 Å². The van der Waals surface area contributed by atoms with Gasteiger partial charge in [-0.25, -0.2) is 0 Å². The van der Waals surface area contributed by atoms with Gasteiger partial charge in [0.1, 0.15) is 0 Å². The van der Waals surface area contributed by atoms with E-state index in [1.165, 1.54) is 22.3 Å². The van der Waals surface area contributed by atoms with E-state index < -0.39 is 5.54 Å². The maximum absolute atomic E-state index is 11.8. The summed E-state index contributed by atoms with van der Waals surface area (Å²) < 4.78 is 6.41. The molecule has 0 aromatic heterocycles. The predicted octanol–water partition coefficient (Wildman–Crippen LogP) is 4.08. The molecule has 2 aliphatic rings. The molecule has 2 N–H and O–H groups in total. The first-order valence-electron chi connectivity index (χ1n) is 10.4. The van der Waals surface area contributed by atoms with Crippen molar-refractivity contribution in [3.05, 3.63) is 82.9 Å². The molecular weight excluding hydrogens is 360 g/mol. The van der Waals surface area contributed by atoms with E-state index in [2.05, 4.69) is 86.0 Å². The van der Waals surface area contributed by atoms with Gasteiger partial charge in [0, 0.05) is 13.0 Å². The molecule has 3 atom stereocenters. The van der Waals surface area contributed by atoms with Crippen molar-refractivity contribution in [1.29, 1.82) is 0 Å². The third-order valence-corrected chi connectivity index (χ3v) is 6.16. The van der Waals surface area contributed by atoms with Crippen LogP contribution in [0, 0.1) is 13.8 Å². The van der Waals surface area contributed by atoms with Crippen LogP contribution in [0.2, 0.25) is 0 Å². The molecule has 1 amide bonds. The Bertz CT molecular complexity index is 903. The van der Waals surface area contributed by atoms with Crippen LogP contribution in [-0.2, 0) is 15.1 Å². The molecule has 152 valence electrons. The Labute approximate surface area is 173 Å². The minimum absolute atomic E-state index is 0.00791. The van der Waals surface area contributed by atoms with E-state index in [0.29, 0.717) is 19.6 Å². The van der Waals surface area contributed by atoms with Crippen molar-refractivity contribution in [1.82, 2.24) is 10.6 Å². The zero-order valence-electron chi connectivity index (χ0n) is 17.5. The summed E-state index contributed by atoms with van der Waals surface area (Å²) in [6.45, 7) is 7.57. The number of benzene rings is 2. The van der Waals surface area contributed by atoms with Crippen molar-refractivity contribution in [2.75, 3.05) is 13.2 Å². The molecule has 29 heavy (non-hydrogen) atoms. The summed E-state index contributed by atoms with van der Waals surface area (Å²) in [5, 5.41) is 6.84. The van der Waals surface area contributed by atoms with E-state index in [4.69, 9.17) is 4.74 Å². The average Bonchev–Trinajstić information content (AvgIpc) is 3.08. The molecule has 0 saturated carbocycles. The summed E-state index contributed by atoms with van der Waals surface area (Å²) in [6, 6.07) is 17.0. The summed E-state index contributed by atoms with van der Waals surface area (Å²) in [7, 11) is 0. The number of hydrogen-bond acceptors (Lipinski definition) is 3. The van der Waals surface area contributed by atoms with E-state index in [9.17, 15) is 4.79 Å². The van der Waals surface area contributed by atoms with Gasteiger partial charge in [-0.3, -0.25) is 10.1 Å². The van der Waals surface area contributed by atoms with Crippen LogP contribution in [0.25, 0.3) is 0 Å². The second-order valence-corrected chi connectivity index (χ2v) is 8.60. The quantitative estimate of drug-likeness (QED) is 0.756. The van der Waals surface area contributed by atoms with Crippen LogP contribution in [0.1, 0.15) is 48.1 Å². The number of carbonyl (C=O) groups is 1. The zero-order chi connectivity index (χ0) is 20.5. The molecule has 2 aliphatic heterocycles. The second-order valence-electron chi connectivity index (χ2n) is 8.60. The predicted molar refractivity (Wildman–Crippen MR) is 116 cm³/mol. The van der Waals surface area contributed by atoms with Gasteiger partial charge in [0.05, 0.1) is 23.8 Å². The lowest BCUT2D eigenvalue weighted by atomic mass is 9.82. The monoisotopic (exact) mass is 390 g/mol. The summed E-state index contributed by atoms with van der Waals surface area (Å²) in [5.74, 6) is 0.128. The van der Waals surface area contributed by atoms with Gasteiger partial charge >= 0.3 is 0 Å². The molecule has 2 aromatic carbocycles. The maximum Gasteiger partial charge on any atom is 0.220 e. The molecule has 2 heterocycles. The average molecular weight is 391 g/mol. The number of ether oxygens (including phenoxy) is 1. The van der Waals surface area contributed by atoms with Crippen molar-refractivity contribution in [2.24, 2.45) is 0 Å². The van der Waals surface area contributed by atoms with Crippen molar-refractivity contribution < 1.29 is 9.53 Å². The van der Waals surface area contributed by atoms with E-state index in [0.717, 1.165) is 6.42 Å². The molecule has 0 bridgehead atoms. The minimum Gasteiger partial charge on any atom is -0.371 e. The third-order valence-electron chi connectivity index (χ3n) is 6.16. The Morgan fingerprint density at radius 2 is 1.79 bits per heavy atom. The smallest absolute Gasteiger partial charge is 0.220 e. The van der Waals surface area contributed by atoms with E-state index >= 15 is 0 Å². The fourth-order valence-corrected chi connectivity index (χ4v) is 4.45. The number of aryl methyl sites for hydroxylation is 2. The number of rotatable bonds is 5. The van der Waals surface area contributed by atoms with Gasteiger partial charge < -0.3 is 10.1 Å². The lowest BCUT2D eigenvalue weighted by Crippen LogP contribution is -2.58. The van der Waals surface area contributed by atoms with Crippen molar-refractivity contribution in [2.45, 2.75) is 50.8 Å². The highest BCUT2D eigenvalue weighted by Crippen LogP contribution is 2.34. The Kier molecular flexibility index (Phi) is 5.32. The fraction of sp³-hybridized carbons (Fsp3) is 0.400. The zero-order valence-corrected chi connectivity index (χ0v) is 17.5. The molecule has 0 unspecified atom stereocenters. The summed E-state index contributed by atoms with van der Waals surface area (Å²) in [5.41, 5.74) is 4.19. The largest absolute Gasteiger partial charge is 0.371 e. The highest BCUT2D eigenvalue weighted by molar-refractivity contribution is 5.80. The van der Waals surface area contributed by atoms with E-state index in [1.807, 2.05) is 6.07 Å². The van der Waals surface area contributed by atoms with Crippen molar-refractivity contribution in [3.8, 4) is 0 Å². The first-order valence-corrected chi connectivity index (χ1v) is 10.4. The second kappa shape index (κ2) is 7.77. The van der Waals surface area contributed by atoms with Crippen LogP contribution in [0.3, 0.4) is 0 Å². The molecular formula is C25H30N2O2. The van der Waals surface area contributed by atoms with Crippen LogP contribution in [0.4, 0.5) is 0 Å². The highest BCUT2D eigenvalue weighted by Gasteiger charge is 2.43. The standard InChI is InChI=1S/C25H30N2O2/c1-18-13-19(2)15-21(14-18)20(3)29-17-25(22-7-5-4-6-8-22)12-11-24(16-26-25)10-9-23(28)27-24/h4-8,11-15,20,26H,9-10,16-17H2,1-3H3,(H,27,28)/t20-,24-,25-/m1/s1. The van der Waals surface area contributed by atoms with Gasteiger partial charge in [-0.2, -0.15) is 0 Å². The fourth-order valence-electron chi connectivity index (χ4n) is 4.45. The first-order chi connectivity index (χ1) is 13.9. The topological polar surface area (TPSA) is 50.4 Å². The molecule has 0 radical (unpaired) electrons. The molecule has 1 spiro atoms. The highest BCUT2D eigenvalue weighted by atomic mass is 16.5. The van der Waals surface area contributed by atoms with Gasteiger partial charge in [0.25, 0.3) is 0 Å². The Morgan fingerprint density at radius 1 is 1.07 bits per heavy atom. The van der Waals surface area contributed by atoms with Crippen molar-refractivity contribution >= 4 is 5.91 Å². The third kappa shape index (κ3) is 4.14. The molecule has 4 nitrogen and oxygen atoms in total. The number of hydrogen-bond donors (Lipinski definition) is 2. The summed E-state index contributed by atoms with van der Waals surface area (Å²) in [6.07, 6.45) is 5.77. The molecule has 1 fully saturated rings. The minimum atomic E-state index is -0.410. The van der Waals surface area contributed by atoms with E-state index in [1.54, 1.807) is 0 Å². The molecule has 2 aromatic rings. The normalized spacial score (nSPS) is 27.2. The lowest BCUT2D eigenvalue weighted by Gasteiger charge is -2.42. The van der Waals surface area contributed by atoms with Crippen LogP contribution >= 0.6 is 0 Å². The van der Waals surface area contributed by atoms with Gasteiger partial charge in [-0.15, -0.1) is 0 Å². The Balaban J connectivity index is 1.58. The summed E-state index contributed by atoms with van der Waals surface area (Å²) in [4.78, 5) is 11.8. The molecule has 0 aliphatic carbocycles. The van der Waals surface area contributed by atoms with Crippen LogP contribution in [0.15, 0.2) is 60.7 Å². The number of amides is 1. The van der Waals surface area contributed by atoms with Gasteiger partial charge in [-0.1, -0.05) is 71.8 Å². The van der Waals surface area contributed by atoms with Crippen LogP contribution in [0.5, 0.6) is 0 Å². The van der Waals surface area contributed by atoms with Gasteiger partial charge in [0.2, 0.25) is 5.91 Å². The number of carbonyl (C=O) groups excluding carboxylic acids is 1. The Morgan fingerprint density at radius 3 is 2.38 bits per heavy atom.